The Labute approximate surface area is 320 Å². The molecule has 10 rings (SSSR count). The minimum atomic E-state index is -0.358. The van der Waals surface area contributed by atoms with Crippen LogP contribution in [-0.4, -0.2) is 40.2 Å². The van der Waals surface area contributed by atoms with Crippen LogP contribution < -0.4 is 10.6 Å². The number of carbonyl (C=O) groups is 2. The molecule has 4 aromatic carbocycles. The fraction of sp³-hybridized carbons (Fsp3) is 0.182. The van der Waals surface area contributed by atoms with Gasteiger partial charge < -0.3 is 19.8 Å². The fourth-order valence-electron chi connectivity index (χ4n) is 8.51. The van der Waals surface area contributed by atoms with E-state index in [1.54, 1.807) is 33.3 Å². The lowest BCUT2D eigenvalue weighted by Crippen LogP contribution is -2.16. The van der Waals surface area contributed by atoms with E-state index < -0.39 is 0 Å². The van der Waals surface area contributed by atoms with Gasteiger partial charge in [0.25, 0.3) is 11.8 Å². The minimum absolute atomic E-state index is 0.339. The molecule has 278 valence electrons. The summed E-state index contributed by atoms with van der Waals surface area (Å²) in [7, 11) is 0. The number of hydrogen-bond acceptors (Lipinski definition) is 4. The zero-order chi connectivity index (χ0) is 37.9. The van der Waals surface area contributed by atoms with Gasteiger partial charge in [-0.25, -0.2) is 17.8 Å². The number of aromatic nitrogens is 6. The molecule has 8 aromatic rings. The molecule has 4 aromatic heterocycles. The topological polar surface area (TPSA) is 103 Å². The summed E-state index contributed by atoms with van der Waals surface area (Å²) < 4.78 is 36.2. The van der Waals surface area contributed by atoms with Crippen molar-refractivity contribution >= 4 is 34.5 Å². The van der Waals surface area contributed by atoms with Gasteiger partial charge in [0.15, 0.2) is 0 Å². The molecule has 12 heteroatoms. The Hall–Kier alpha value is -6.82. The standard InChI is InChI=1S/C44H36F2N8O2/c45-29-21-17-27(18-22-29)35-33-15-7-9-25-51-39(49-53(43(33)51)37(35)41(55)47-31-11-3-1-4-12-31)40-50-54-38(42(56)48-32-13-5-2-6-14-32)36(28-19-23-30(46)24-20-28)34-16-8-10-26-52(40)44(34)54/h1-6,11-14,17-24H,7-10,15-16,25-26H2,(H,47,55)(H,48,56). The molecule has 2 aliphatic rings. The minimum Gasteiger partial charge on any atom is -0.321 e. The first kappa shape index (κ1) is 33.7. The molecule has 0 unspecified atom stereocenters. The number of rotatable bonds is 7. The van der Waals surface area contributed by atoms with Crippen molar-refractivity contribution in [2.45, 2.75) is 51.6 Å². The van der Waals surface area contributed by atoms with Gasteiger partial charge >= 0.3 is 0 Å². The van der Waals surface area contributed by atoms with E-state index in [9.17, 15) is 18.4 Å². The van der Waals surface area contributed by atoms with Crippen molar-refractivity contribution in [2.75, 3.05) is 10.6 Å². The van der Waals surface area contributed by atoms with Crippen LogP contribution in [0.25, 0.3) is 45.2 Å². The van der Waals surface area contributed by atoms with E-state index in [2.05, 4.69) is 19.8 Å². The van der Waals surface area contributed by atoms with Crippen molar-refractivity contribution in [1.29, 1.82) is 0 Å². The predicted molar refractivity (Wildman–Crippen MR) is 211 cm³/mol. The maximum atomic E-state index is 14.4. The van der Waals surface area contributed by atoms with E-state index in [0.717, 1.165) is 70.4 Å². The molecule has 0 bridgehead atoms. The summed E-state index contributed by atoms with van der Waals surface area (Å²) in [6.07, 6.45) is 4.88. The highest BCUT2D eigenvalue weighted by atomic mass is 19.1. The molecule has 0 fully saturated rings. The van der Waals surface area contributed by atoms with E-state index >= 15 is 0 Å². The van der Waals surface area contributed by atoms with E-state index in [1.165, 1.54) is 24.3 Å². The highest BCUT2D eigenvalue weighted by Gasteiger charge is 2.35. The average Bonchev–Trinajstić information content (AvgIpc) is 3.82. The van der Waals surface area contributed by atoms with E-state index in [-0.39, 0.29) is 23.4 Å². The zero-order valence-electron chi connectivity index (χ0n) is 30.3. The highest BCUT2D eigenvalue weighted by Crippen LogP contribution is 2.41. The van der Waals surface area contributed by atoms with Gasteiger partial charge in [0.2, 0.25) is 11.6 Å². The van der Waals surface area contributed by atoms with Gasteiger partial charge in [0, 0.05) is 46.7 Å². The summed E-state index contributed by atoms with van der Waals surface area (Å²) in [4.78, 5) is 28.8. The number of amides is 2. The molecule has 0 saturated heterocycles. The van der Waals surface area contributed by atoms with Crippen molar-refractivity contribution < 1.29 is 18.4 Å². The van der Waals surface area contributed by atoms with Crippen LogP contribution in [0.15, 0.2) is 109 Å². The molecular weight excluding hydrogens is 711 g/mol. The van der Waals surface area contributed by atoms with Crippen LogP contribution in [0.2, 0.25) is 0 Å². The molecule has 2 N–H and O–H groups in total. The number of nitrogens with one attached hydrogen (secondary N) is 2. The van der Waals surface area contributed by atoms with E-state index in [1.807, 2.05) is 60.7 Å². The second-order valence-corrected chi connectivity index (χ2v) is 14.4. The van der Waals surface area contributed by atoms with Crippen LogP contribution >= 0.6 is 0 Å². The first-order chi connectivity index (χ1) is 27.4. The normalized spacial score (nSPS) is 13.8. The molecule has 10 nitrogen and oxygen atoms in total. The van der Waals surface area contributed by atoms with Crippen LogP contribution in [0.4, 0.5) is 20.2 Å². The summed E-state index contributed by atoms with van der Waals surface area (Å²) in [5, 5.41) is 16.6. The Morgan fingerprint density at radius 2 is 0.911 bits per heavy atom. The maximum Gasteiger partial charge on any atom is 0.275 e. The lowest BCUT2D eigenvalue weighted by molar-refractivity contribution is 0.101. The number of benzene rings is 4. The third-order valence-electron chi connectivity index (χ3n) is 10.9. The van der Waals surface area contributed by atoms with Crippen molar-refractivity contribution in [2.24, 2.45) is 0 Å². The van der Waals surface area contributed by atoms with Crippen molar-refractivity contribution in [3.63, 3.8) is 0 Å². The van der Waals surface area contributed by atoms with Gasteiger partial charge in [0.1, 0.15) is 34.3 Å². The summed E-state index contributed by atoms with van der Waals surface area (Å²) in [6.45, 7) is 1.27. The van der Waals surface area contributed by atoms with E-state index in [0.29, 0.717) is 60.3 Å². The second-order valence-electron chi connectivity index (χ2n) is 14.4. The molecular formula is C44H36F2N8O2. The fourth-order valence-corrected chi connectivity index (χ4v) is 8.51. The van der Waals surface area contributed by atoms with Crippen molar-refractivity contribution in [1.82, 2.24) is 28.4 Å². The number of hydrogen-bond donors (Lipinski definition) is 2. The van der Waals surface area contributed by atoms with Gasteiger partial charge in [0.05, 0.1) is 0 Å². The van der Waals surface area contributed by atoms with Gasteiger partial charge in [-0.3, -0.25) is 9.59 Å². The first-order valence-electron chi connectivity index (χ1n) is 19.0. The summed E-state index contributed by atoms with van der Waals surface area (Å²) in [5.74, 6) is -0.234. The van der Waals surface area contributed by atoms with Gasteiger partial charge in [-0.2, -0.15) is 0 Å². The molecule has 0 saturated carbocycles. The zero-order valence-corrected chi connectivity index (χ0v) is 30.3. The molecule has 2 aliphatic heterocycles. The molecule has 0 spiro atoms. The number of carbonyl (C=O) groups excluding carboxylic acids is 2. The summed E-state index contributed by atoms with van der Waals surface area (Å²) in [5.41, 5.74) is 8.39. The summed E-state index contributed by atoms with van der Waals surface area (Å²) >= 11 is 0. The van der Waals surface area contributed by atoms with Crippen LogP contribution in [0, 0.1) is 11.6 Å². The Morgan fingerprint density at radius 3 is 1.30 bits per heavy atom. The Morgan fingerprint density at radius 1 is 0.518 bits per heavy atom. The second kappa shape index (κ2) is 13.5. The van der Waals surface area contributed by atoms with Gasteiger partial charge in [-0.1, -0.05) is 60.7 Å². The number of halogens is 2. The number of nitrogens with zero attached hydrogens (tertiary/aromatic N) is 6. The Kier molecular flexibility index (Phi) is 8.12. The van der Waals surface area contributed by atoms with Gasteiger partial charge in [-0.05, 0) is 98.2 Å². The number of anilines is 2. The lowest BCUT2D eigenvalue weighted by Gasteiger charge is -2.10. The largest absolute Gasteiger partial charge is 0.321 e. The predicted octanol–water partition coefficient (Wildman–Crippen LogP) is 9.04. The third-order valence-corrected chi connectivity index (χ3v) is 10.9. The highest BCUT2D eigenvalue weighted by molar-refractivity contribution is 6.11. The van der Waals surface area contributed by atoms with E-state index in [4.69, 9.17) is 10.2 Å². The van der Waals surface area contributed by atoms with Crippen LogP contribution in [0.1, 0.15) is 57.8 Å². The lowest BCUT2D eigenvalue weighted by atomic mass is 9.97. The van der Waals surface area contributed by atoms with Crippen molar-refractivity contribution in [3.05, 3.63) is 143 Å². The molecule has 2 amide bonds. The maximum absolute atomic E-state index is 14.4. The molecule has 56 heavy (non-hydrogen) atoms. The van der Waals surface area contributed by atoms with Crippen LogP contribution in [0.5, 0.6) is 0 Å². The van der Waals surface area contributed by atoms with Crippen molar-refractivity contribution in [3.8, 4) is 33.9 Å². The van der Waals surface area contributed by atoms with Gasteiger partial charge in [-0.15, -0.1) is 10.2 Å². The summed E-state index contributed by atoms with van der Waals surface area (Å²) in [6, 6.07) is 31.1. The molecule has 0 atom stereocenters. The monoisotopic (exact) mass is 746 g/mol. The average molecular weight is 747 g/mol. The first-order valence-corrected chi connectivity index (χ1v) is 19.0. The quantitative estimate of drug-likeness (QED) is 0.170. The molecule has 6 heterocycles. The third kappa shape index (κ3) is 5.51. The molecule has 0 radical (unpaired) electrons. The Bertz CT molecular complexity index is 2600. The molecule has 0 aliphatic carbocycles. The Balaban J connectivity index is 1.22. The van der Waals surface area contributed by atoms with Crippen LogP contribution in [0.3, 0.4) is 0 Å². The SMILES string of the molecule is O=C(Nc1ccccc1)c1c(-c2ccc(F)cc2)c2c3n(c(-c4nn5c(C(=O)Nc6ccccc6)c(-c6ccc(F)cc6)c6c5n4CCCC6)nn13)CCCC2. The smallest absolute Gasteiger partial charge is 0.275 e. The number of aryl methyl sites for hydroxylation is 4. The number of para-hydroxylation sites is 2. The van der Waals surface area contributed by atoms with Crippen LogP contribution in [-0.2, 0) is 25.9 Å².